The smallest absolute Gasteiger partial charge is 0.0172 e. The topological polar surface area (TPSA) is 12.0 Å². The second kappa shape index (κ2) is 9.19. The zero-order valence-corrected chi connectivity index (χ0v) is 19.3. The van der Waals surface area contributed by atoms with Crippen LogP contribution in [-0.4, -0.2) is 6.54 Å². The highest BCUT2D eigenvalue weighted by Crippen LogP contribution is 2.45. The van der Waals surface area contributed by atoms with Crippen LogP contribution < -0.4 is 5.32 Å². The number of nitrogens with one attached hydrogen (secondary N) is 1. The van der Waals surface area contributed by atoms with Gasteiger partial charge in [0.05, 0.1) is 0 Å². The fourth-order valence-electron chi connectivity index (χ4n) is 5.62. The second-order valence-corrected chi connectivity index (χ2v) is 11.6. The minimum Gasteiger partial charge on any atom is -0.388 e. The van der Waals surface area contributed by atoms with Crippen LogP contribution in [0.2, 0.25) is 0 Å². The van der Waals surface area contributed by atoms with E-state index >= 15 is 0 Å². The van der Waals surface area contributed by atoms with Gasteiger partial charge in [0.2, 0.25) is 0 Å². The first-order valence-electron chi connectivity index (χ1n) is 11.6. The zero-order valence-electron chi connectivity index (χ0n) is 19.3. The Balaban J connectivity index is 1.85. The van der Waals surface area contributed by atoms with Gasteiger partial charge in [0.1, 0.15) is 0 Å². The first-order chi connectivity index (χ1) is 12.5. The molecule has 0 bridgehead atoms. The van der Waals surface area contributed by atoms with Gasteiger partial charge in [-0.15, -0.1) is 0 Å². The van der Waals surface area contributed by atoms with E-state index in [1.807, 2.05) is 0 Å². The number of rotatable bonds is 6. The van der Waals surface area contributed by atoms with Crippen molar-refractivity contribution in [1.29, 1.82) is 0 Å². The highest BCUT2D eigenvalue weighted by molar-refractivity contribution is 5.09. The van der Waals surface area contributed by atoms with Crippen molar-refractivity contribution in [2.45, 2.75) is 99.3 Å². The first kappa shape index (κ1) is 22.6. The summed E-state index contributed by atoms with van der Waals surface area (Å²) in [5, 5.41) is 3.80. The molecule has 1 heteroatoms. The summed E-state index contributed by atoms with van der Waals surface area (Å²) >= 11 is 0. The van der Waals surface area contributed by atoms with Gasteiger partial charge in [-0.2, -0.15) is 0 Å². The van der Waals surface area contributed by atoms with Gasteiger partial charge >= 0.3 is 0 Å². The lowest BCUT2D eigenvalue weighted by atomic mass is 9.74. The lowest BCUT2D eigenvalue weighted by Gasteiger charge is -2.34. The Hall–Kier alpha value is -0.720. The Morgan fingerprint density at radius 2 is 1.67 bits per heavy atom. The van der Waals surface area contributed by atoms with Gasteiger partial charge in [0.25, 0.3) is 0 Å². The summed E-state index contributed by atoms with van der Waals surface area (Å²) in [6.45, 7) is 24.2. The molecule has 0 aromatic rings. The third-order valence-electron chi connectivity index (χ3n) is 7.73. The molecule has 0 amide bonds. The molecule has 2 rings (SSSR count). The Bertz CT molecular complexity index is 511. The largest absolute Gasteiger partial charge is 0.388 e. The summed E-state index contributed by atoms with van der Waals surface area (Å²) < 4.78 is 0. The maximum atomic E-state index is 4.49. The molecule has 1 nitrogen and oxygen atoms in total. The fraction of sp³-hybridized carbons (Fsp3) is 0.846. The van der Waals surface area contributed by atoms with Crippen LogP contribution in [0.5, 0.6) is 0 Å². The van der Waals surface area contributed by atoms with Gasteiger partial charge < -0.3 is 5.32 Å². The van der Waals surface area contributed by atoms with Gasteiger partial charge in [0.15, 0.2) is 0 Å². The third-order valence-corrected chi connectivity index (χ3v) is 7.73. The Morgan fingerprint density at radius 1 is 1.04 bits per heavy atom. The predicted molar refractivity (Wildman–Crippen MR) is 121 cm³/mol. The summed E-state index contributed by atoms with van der Waals surface area (Å²) in [4.78, 5) is 0. The SMILES string of the molecule is C=C(NCC1CCCC(CC(C)(C)C)C1)C1CCC(C)(C(=C)C)CCC1C. The molecule has 0 aromatic carbocycles. The van der Waals surface area contributed by atoms with Crippen LogP contribution in [0.1, 0.15) is 99.3 Å². The molecule has 0 aromatic heterocycles. The van der Waals surface area contributed by atoms with E-state index in [1.165, 1.54) is 69.1 Å². The summed E-state index contributed by atoms with van der Waals surface area (Å²) in [7, 11) is 0. The molecule has 1 N–H and O–H groups in total. The lowest BCUT2D eigenvalue weighted by Crippen LogP contribution is -2.31. The summed E-state index contributed by atoms with van der Waals surface area (Å²) in [5.41, 5.74) is 3.47. The molecule has 5 atom stereocenters. The summed E-state index contributed by atoms with van der Waals surface area (Å²) in [6.07, 6.45) is 12.1. The van der Waals surface area contributed by atoms with Crippen molar-refractivity contribution < 1.29 is 0 Å². The highest BCUT2D eigenvalue weighted by Gasteiger charge is 2.34. The number of hydrogen-bond acceptors (Lipinski definition) is 1. The van der Waals surface area contributed by atoms with Crippen molar-refractivity contribution in [3.05, 3.63) is 24.4 Å². The maximum absolute atomic E-state index is 4.49. The highest BCUT2D eigenvalue weighted by atomic mass is 14.9. The molecular weight excluding hydrogens is 326 g/mol. The van der Waals surface area contributed by atoms with Crippen LogP contribution in [0.25, 0.3) is 0 Å². The molecule has 156 valence electrons. The predicted octanol–water partition coefficient (Wildman–Crippen LogP) is 7.74. The molecule has 0 spiro atoms. The van der Waals surface area contributed by atoms with Crippen molar-refractivity contribution >= 4 is 0 Å². The molecule has 2 saturated carbocycles. The summed E-state index contributed by atoms with van der Waals surface area (Å²) in [5.74, 6) is 3.11. The van der Waals surface area contributed by atoms with Crippen LogP contribution >= 0.6 is 0 Å². The molecule has 0 heterocycles. The van der Waals surface area contributed by atoms with E-state index in [0.717, 1.165) is 24.3 Å². The van der Waals surface area contributed by atoms with E-state index in [1.54, 1.807) is 0 Å². The standard InChI is InChI=1S/C26H47N/c1-19(2)26(8)14-12-20(3)24(13-15-26)21(4)27-18-23-11-9-10-22(16-23)17-25(5,6)7/h20,22-24,27H,1,4,9-18H2,2-3,5-8H3. The van der Waals surface area contributed by atoms with Crippen molar-refractivity contribution in [3.63, 3.8) is 0 Å². The molecule has 2 fully saturated rings. The van der Waals surface area contributed by atoms with E-state index in [9.17, 15) is 0 Å². The number of allylic oxidation sites excluding steroid dienone is 2. The van der Waals surface area contributed by atoms with Crippen LogP contribution in [0.15, 0.2) is 24.4 Å². The summed E-state index contributed by atoms with van der Waals surface area (Å²) in [6, 6.07) is 0. The van der Waals surface area contributed by atoms with Gasteiger partial charge in [-0.3, -0.25) is 0 Å². The number of hydrogen-bond donors (Lipinski definition) is 1. The van der Waals surface area contributed by atoms with Crippen molar-refractivity contribution in [3.8, 4) is 0 Å². The monoisotopic (exact) mass is 373 g/mol. The van der Waals surface area contributed by atoms with E-state index in [-0.39, 0.29) is 0 Å². The Labute approximate surface area is 170 Å². The van der Waals surface area contributed by atoms with Gasteiger partial charge in [-0.1, -0.05) is 66.2 Å². The molecule has 2 aliphatic rings. The van der Waals surface area contributed by atoms with Crippen LogP contribution in [-0.2, 0) is 0 Å². The van der Waals surface area contributed by atoms with Gasteiger partial charge in [-0.25, -0.2) is 0 Å². The van der Waals surface area contributed by atoms with Gasteiger partial charge in [-0.05, 0) is 80.5 Å². The molecule has 0 radical (unpaired) electrons. The average Bonchev–Trinajstić information content (AvgIpc) is 2.72. The van der Waals surface area contributed by atoms with Gasteiger partial charge in [0, 0.05) is 18.2 Å². The fourth-order valence-corrected chi connectivity index (χ4v) is 5.62. The molecule has 0 aliphatic heterocycles. The lowest BCUT2D eigenvalue weighted by molar-refractivity contribution is 0.195. The average molecular weight is 374 g/mol. The maximum Gasteiger partial charge on any atom is 0.0172 e. The minimum absolute atomic E-state index is 0.326. The van der Waals surface area contributed by atoms with E-state index in [2.05, 4.69) is 60.0 Å². The zero-order chi connectivity index (χ0) is 20.2. The normalized spacial score (nSPS) is 35.3. The quantitative estimate of drug-likeness (QED) is 0.371. The second-order valence-electron chi connectivity index (χ2n) is 11.6. The molecule has 0 saturated heterocycles. The van der Waals surface area contributed by atoms with Crippen LogP contribution in [0, 0.1) is 34.5 Å². The van der Waals surface area contributed by atoms with Crippen molar-refractivity contribution in [1.82, 2.24) is 5.32 Å². The van der Waals surface area contributed by atoms with E-state index in [0.29, 0.717) is 16.7 Å². The molecular formula is C26H47N. The Morgan fingerprint density at radius 3 is 2.30 bits per heavy atom. The first-order valence-corrected chi connectivity index (χ1v) is 11.6. The third kappa shape index (κ3) is 6.68. The van der Waals surface area contributed by atoms with Crippen molar-refractivity contribution in [2.75, 3.05) is 6.54 Å². The van der Waals surface area contributed by atoms with Crippen LogP contribution in [0.4, 0.5) is 0 Å². The van der Waals surface area contributed by atoms with Crippen LogP contribution in [0.3, 0.4) is 0 Å². The van der Waals surface area contributed by atoms with E-state index in [4.69, 9.17) is 0 Å². The van der Waals surface area contributed by atoms with Crippen molar-refractivity contribution in [2.24, 2.45) is 34.5 Å². The molecule has 2 aliphatic carbocycles. The molecule has 5 unspecified atom stereocenters. The molecule has 27 heavy (non-hydrogen) atoms. The minimum atomic E-state index is 0.326. The Kier molecular flexibility index (Phi) is 7.68. The van der Waals surface area contributed by atoms with E-state index < -0.39 is 0 Å².